The van der Waals surface area contributed by atoms with Gasteiger partial charge >= 0.3 is 12.2 Å². The number of carbonyl (C=O) groups excluding carboxylic acids is 3. The van der Waals surface area contributed by atoms with Gasteiger partial charge in [-0.15, -0.1) is 0 Å². The van der Waals surface area contributed by atoms with Gasteiger partial charge in [0.15, 0.2) is 0 Å². The van der Waals surface area contributed by atoms with Crippen molar-refractivity contribution in [1.82, 2.24) is 15.1 Å². The largest absolute Gasteiger partial charge is 0.453 e. The van der Waals surface area contributed by atoms with Crippen LogP contribution in [-0.4, -0.2) is 66.9 Å². The maximum absolute atomic E-state index is 11.8. The molecule has 1 rings (SSSR count). The summed E-state index contributed by atoms with van der Waals surface area (Å²) < 4.78 is 9.60. The van der Waals surface area contributed by atoms with E-state index in [0.717, 1.165) is 0 Å². The van der Waals surface area contributed by atoms with Crippen LogP contribution in [0.2, 0.25) is 0 Å². The van der Waals surface area contributed by atoms with Gasteiger partial charge < -0.3 is 19.7 Å². The van der Waals surface area contributed by atoms with Crippen molar-refractivity contribution >= 4 is 18.1 Å². The van der Waals surface area contributed by atoms with E-state index in [1.807, 2.05) is 0 Å². The van der Waals surface area contributed by atoms with Gasteiger partial charge in [-0.3, -0.25) is 9.69 Å². The molecule has 0 saturated carbocycles. The fourth-order valence-electron chi connectivity index (χ4n) is 1.60. The van der Waals surface area contributed by atoms with Crippen LogP contribution in [0.15, 0.2) is 0 Å². The molecule has 114 valence electrons. The van der Waals surface area contributed by atoms with E-state index in [9.17, 15) is 14.4 Å². The second kappa shape index (κ2) is 6.44. The zero-order valence-corrected chi connectivity index (χ0v) is 12.3. The van der Waals surface area contributed by atoms with E-state index in [1.165, 1.54) is 16.9 Å². The Bertz CT molecular complexity index is 391. The highest BCUT2D eigenvalue weighted by Crippen LogP contribution is 2.13. The molecule has 1 saturated heterocycles. The van der Waals surface area contributed by atoms with Crippen LogP contribution < -0.4 is 5.32 Å². The summed E-state index contributed by atoms with van der Waals surface area (Å²) in [6.45, 7) is 6.18. The smallest absolute Gasteiger partial charge is 0.411 e. The highest BCUT2D eigenvalue weighted by atomic mass is 16.6. The predicted octanol–water partition coefficient (Wildman–Crippen LogP) is 0.379. The van der Waals surface area contributed by atoms with E-state index in [0.29, 0.717) is 13.1 Å². The minimum atomic E-state index is -0.665. The quantitative estimate of drug-likeness (QED) is 0.793. The van der Waals surface area contributed by atoms with Gasteiger partial charge in [0.1, 0.15) is 12.1 Å². The number of hydrogen-bond donors (Lipinski definition) is 1. The summed E-state index contributed by atoms with van der Waals surface area (Å²) in [4.78, 5) is 37.4. The SMILES string of the molecule is COC(=O)NCC(=O)N1CCN(C(=O)OC(C)(C)C)C1. The molecule has 0 aliphatic carbocycles. The van der Waals surface area contributed by atoms with Crippen molar-refractivity contribution in [3.63, 3.8) is 0 Å². The third-order valence-electron chi connectivity index (χ3n) is 2.56. The van der Waals surface area contributed by atoms with Gasteiger partial charge in [0.25, 0.3) is 0 Å². The highest BCUT2D eigenvalue weighted by Gasteiger charge is 2.30. The van der Waals surface area contributed by atoms with E-state index >= 15 is 0 Å². The first-order valence-electron chi connectivity index (χ1n) is 6.30. The van der Waals surface area contributed by atoms with Gasteiger partial charge in [0.05, 0.1) is 13.8 Å². The predicted molar refractivity (Wildman–Crippen MR) is 69.9 cm³/mol. The number of methoxy groups -OCH3 is 1. The number of nitrogens with one attached hydrogen (secondary N) is 1. The molecule has 0 aromatic heterocycles. The first-order valence-corrected chi connectivity index (χ1v) is 6.30. The van der Waals surface area contributed by atoms with Crippen molar-refractivity contribution in [3.05, 3.63) is 0 Å². The number of carbonyl (C=O) groups is 3. The monoisotopic (exact) mass is 287 g/mol. The normalized spacial score (nSPS) is 15.0. The summed E-state index contributed by atoms with van der Waals surface area (Å²) in [5.41, 5.74) is -0.569. The second-order valence-corrected chi connectivity index (χ2v) is 5.39. The highest BCUT2D eigenvalue weighted by molar-refractivity contribution is 5.83. The van der Waals surface area contributed by atoms with E-state index in [-0.39, 0.29) is 19.1 Å². The Morgan fingerprint density at radius 1 is 1.15 bits per heavy atom. The Hall–Kier alpha value is -1.99. The lowest BCUT2D eigenvalue weighted by Crippen LogP contribution is -2.41. The van der Waals surface area contributed by atoms with Gasteiger partial charge in [-0.2, -0.15) is 0 Å². The topological polar surface area (TPSA) is 88.2 Å². The van der Waals surface area contributed by atoms with Crippen LogP contribution in [0.1, 0.15) is 20.8 Å². The maximum Gasteiger partial charge on any atom is 0.411 e. The third-order valence-corrected chi connectivity index (χ3v) is 2.56. The van der Waals surface area contributed by atoms with Crippen molar-refractivity contribution in [1.29, 1.82) is 0 Å². The van der Waals surface area contributed by atoms with E-state index in [2.05, 4.69) is 10.1 Å². The first kappa shape index (κ1) is 16.1. The minimum absolute atomic E-state index is 0.158. The molecular weight excluding hydrogens is 266 g/mol. The fourth-order valence-corrected chi connectivity index (χ4v) is 1.60. The van der Waals surface area contributed by atoms with Crippen LogP contribution >= 0.6 is 0 Å². The second-order valence-electron chi connectivity index (χ2n) is 5.39. The summed E-state index contributed by atoms with van der Waals surface area (Å²) in [6, 6.07) is 0. The maximum atomic E-state index is 11.8. The summed E-state index contributed by atoms with van der Waals surface area (Å²) in [5.74, 6) is -0.276. The first-order chi connectivity index (χ1) is 9.23. The minimum Gasteiger partial charge on any atom is -0.453 e. The Kier molecular flexibility index (Phi) is 5.18. The lowest BCUT2D eigenvalue weighted by Gasteiger charge is -2.24. The van der Waals surface area contributed by atoms with Gasteiger partial charge in [-0.1, -0.05) is 0 Å². The molecule has 3 amide bonds. The van der Waals surface area contributed by atoms with E-state index in [4.69, 9.17) is 4.74 Å². The van der Waals surface area contributed by atoms with E-state index < -0.39 is 17.8 Å². The van der Waals surface area contributed by atoms with Gasteiger partial charge in [-0.25, -0.2) is 9.59 Å². The van der Waals surface area contributed by atoms with Crippen LogP contribution in [0.25, 0.3) is 0 Å². The molecule has 8 heteroatoms. The molecule has 0 spiro atoms. The fraction of sp³-hybridized carbons (Fsp3) is 0.750. The summed E-state index contributed by atoms with van der Waals surface area (Å²) >= 11 is 0. The molecule has 0 bridgehead atoms. The lowest BCUT2D eigenvalue weighted by molar-refractivity contribution is -0.129. The number of hydrogen-bond acceptors (Lipinski definition) is 5. The standard InChI is InChI=1S/C12H21N3O5/c1-12(2,3)20-11(18)15-6-5-14(8-15)9(16)7-13-10(17)19-4/h5-8H2,1-4H3,(H,13,17). The molecule has 1 aliphatic rings. The van der Waals surface area contributed by atoms with Crippen LogP contribution in [0, 0.1) is 0 Å². The van der Waals surface area contributed by atoms with Crippen molar-refractivity contribution in [3.8, 4) is 0 Å². The lowest BCUT2D eigenvalue weighted by atomic mass is 10.2. The molecule has 1 N–H and O–H groups in total. The Balaban J connectivity index is 2.41. The number of alkyl carbamates (subject to hydrolysis) is 1. The summed E-state index contributed by atoms with van der Waals surface area (Å²) in [5, 5.41) is 2.30. The number of amides is 3. The molecule has 8 nitrogen and oxygen atoms in total. The average molecular weight is 287 g/mol. The zero-order valence-electron chi connectivity index (χ0n) is 12.3. The molecule has 1 aliphatic heterocycles. The van der Waals surface area contributed by atoms with Gasteiger partial charge in [0.2, 0.25) is 5.91 Å². The number of rotatable bonds is 2. The van der Waals surface area contributed by atoms with Crippen LogP contribution in [-0.2, 0) is 14.3 Å². The molecule has 0 unspecified atom stereocenters. The van der Waals surface area contributed by atoms with Crippen LogP contribution in [0.4, 0.5) is 9.59 Å². The molecule has 0 aromatic carbocycles. The summed E-state index contributed by atoms with van der Waals surface area (Å²) in [7, 11) is 1.22. The zero-order chi connectivity index (χ0) is 15.3. The van der Waals surface area contributed by atoms with Crippen molar-refractivity contribution in [2.24, 2.45) is 0 Å². The molecule has 20 heavy (non-hydrogen) atoms. The molecule has 0 aromatic rings. The molecular formula is C12H21N3O5. The number of ether oxygens (including phenoxy) is 2. The Labute approximate surface area is 118 Å². The van der Waals surface area contributed by atoms with Gasteiger partial charge in [0, 0.05) is 13.1 Å². The van der Waals surface area contributed by atoms with Gasteiger partial charge in [-0.05, 0) is 20.8 Å². The third kappa shape index (κ3) is 4.94. The van der Waals surface area contributed by atoms with Crippen molar-refractivity contribution in [2.75, 3.05) is 33.4 Å². The number of nitrogens with zero attached hydrogens (tertiary/aromatic N) is 2. The molecule has 1 heterocycles. The molecule has 0 radical (unpaired) electrons. The van der Waals surface area contributed by atoms with E-state index in [1.54, 1.807) is 20.8 Å². The van der Waals surface area contributed by atoms with Crippen molar-refractivity contribution in [2.45, 2.75) is 26.4 Å². The van der Waals surface area contributed by atoms with Crippen LogP contribution in [0.5, 0.6) is 0 Å². The van der Waals surface area contributed by atoms with Crippen LogP contribution in [0.3, 0.4) is 0 Å². The Morgan fingerprint density at radius 2 is 1.75 bits per heavy atom. The summed E-state index contributed by atoms with van der Waals surface area (Å²) in [6.07, 6.45) is -1.12. The van der Waals surface area contributed by atoms with Crippen molar-refractivity contribution < 1.29 is 23.9 Å². The Morgan fingerprint density at radius 3 is 2.30 bits per heavy atom. The average Bonchev–Trinajstić information content (AvgIpc) is 2.83. The molecule has 1 fully saturated rings. The molecule has 0 atom stereocenters.